The van der Waals surface area contributed by atoms with Gasteiger partial charge in [-0.3, -0.25) is 0 Å². The van der Waals surface area contributed by atoms with Gasteiger partial charge in [0, 0.05) is 48.9 Å². The van der Waals surface area contributed by atoms with Crippen molar-refractivity contribution in [1.29, 1.82) is 0 Å². The van der Waals surface area contributed by atoms with Crippen LogP contribution in [0, 0.1) is 13.8 Å². The number of nitrogen functional groups attached to an aromatic ring is 2. The van der Waals surface area contributed by atoms with Gasteiger partial charge in [-0.15, -0.1) is 0 Å². The predicted molar refractivity (Wildman–Crippen MR) is 157 cm³/mol. The number of aryl methyl sites for hydroxylation is 2. The van der Waals surface area contributed by atoms with Crippen LogP contribution in [-0.4, -0.2) is 26.2 Å². The summed E-state index contributed by atoms with van der Waals surface area (Å²) in [5.74, 6) is 0. The van der Waals surface area contributed by atoms with Crippen molar-refractivity contribution in [2.75, 3.05) is 47.4 Å². The number of piperazine rings is 1. The molecule has 1 heterocycles. The third-order valence-electron chi connectivity index (χ3n) is 6.70. The zero-order valence-corrected chi connectivity index (χ0v) is 21.7. The monoisotopic (exact) mass is 504 g/mol. The largest absolute Gasteiger partial charge is 0.399 e. The van der Waals surface area contributed by atoms with Crippen LogP contribution < -0.4 is 21.3 Å². The molecule has 0 radical (unpaired) electrons. The molecule has 0 spiro atoms. The topological polar surface area (TPSA) is 108 Å². The number of hydrogen-bond donors (Lipinski definition) is 2. The Balaban J connectivity index is 1.15. The molecule has 0 amide bonds. The molecule has 0 aromatic heterocycles. The summed E-state index contributed by atoms with van der Waals surface area (Å²) < 4.78 is 0. The minimum absolute atomic E-state index is 0.731. The molecule has 0 unspecified atom stereocenters. The van der Waals surface area contributed by atoms with E-state index in [0.29, 0.717) is 0 Å². The van der Waals surface area contributed by atoms with E-state index in [-0.39, 0.29) is 0 Å². The van der Waals surface area contributed by atoms with Crippen molar-refractivity contribution in [2.24, 2.45) is 20.5 Å². The molecule has 0 atom stereocenters. The van der Waals surface area contributed by atoms with E-state index < -0.39 is 0 Å². The number of anilines is 4. The molecule has 0 saturated carbocycles. The summed E-state index contributed by atoms with van der Waals surface area (Å²) in [6.45, 7) is 7.76. The van der Waals surface area contributed by atoms with Gasteiger partial charge in [-0.25, -0.2) is 0 Å². The van der Waals surface area contributed by atoms with Gasteiger partial charge in [0.1, 0.15) is 0 Å². The van der Waals surface area contributed by atoms with Gasteiger partial charge in [0.2, 0.25) is 0 Å². The highest BCUT2D eigenvalue weighted by molar-refractivity contribution is 5.58. The van der Waals surface area contributed by atoms with E-state index in [0.717, 1.165) is 71.4 Å². The maximum Gasteiger partial charge on any atom is 0.0887 e. The van der Waals surface area contributed by atoms with Crippen molar-refractivity contribution in [3.05, 3.63) is 96.1 Å². The van der Waals surface area contributed by atoms with E-state index in [1.54, 1.807) is 0 Å². The first kappa shape index (κ1) is 25.0. The maximum absolute atomic E-state index is 5.82. The Morgan fingerprint density at radius 1 is 0.500 bits per heavy atom. The van der Waals surface area contributed by atoms with Crippen molar-refractivity contribution < 1.29 is 0 Å². The number of azo groups is 2. The average molecular weight is 505 g/mol. The smallest absolute Gasteiger partial charge is 0.0887 e. The fourth-order valence-electron chi connectivity index (χ4n) is 4.49. The normalized spacial score (nSPS) is 14.1. The third kappa shape index (κ3) is 5.98. The van der Waals surface area contributed by atoms with Gasteiger partial charge in [-0.05, 0) is 110 Å². The van der Waals surface area contributed by atoms with Crippen molar-refractivity contribution in [3.63, 3.8) is 0 Å². The summed E-state index contributed by atoms with van der Waals surface area (Å²) in [5.41, 5.74) is 20.8. The Hall–Kier alpha value is -4.72. The zero-order chi connectivity index (χ0) is 26.5. The van der Waals surface area contributed by atoms with E-state index in [9.17, 15) is 0 Å². The zero-order valence-electron chi connectivity index (χ0n) is 21.7. The van der Waals surface area contributed by atoms with Crippen LogP contribution in [0.5, 0.6) is 0 Å². The molecule has 0 bridgehead atoms. The quantitative estimate of drug-likeness (QED) is 0.208. The summed E-state index contributed by atoms with van der Waals surface area (Å²) in [4.78, 5) is 4.80. The van der Waals surface area contributed by atoms with Crippen LogP contribution >= 0.6 is 0 Å². The minimum atomic E-state index is 0.731. The highest BCUT2D eigenvalue weighted by Gasteiger charge is 2.17. The summed E-state index contributed by atoms with van der Waals surface area (Å²) in [7, 11) is 0. The number of nitrogens with zero attached hydrogens (tertiary/aromatic N) is 6. The second-order valence-corrected chi connectivity index (χ2v) is 9.50. The molecule has 1 aliphatic heterocycles. The number of rotatable bonds is 6. The van der Waals surface area contributed by atoms with Crippen LogP contribution in [0.2, 0.25) is 0 Å². The van der Waals surface area contributed by atoms with Gasteiger partial charge < -0.3 is 21.3 Å². The van der Waals surface area contributed by atoms with E-state index in [1.807, 2.05) is 74.5 Å². The number of nitrogens with two attached hydrogens (primary N) is 2. The Labute approximate surface area is 223 Å². The Kier molecular flexibility index (Phi) is 7.31. The van der Waals surface area contributed by atoms with Crippen LogP contribution in [0.4, 0.5) is 45.5 Å². The summed E-state index contributed by atoms with van der Waals surface area (Å²) >= 11 is 0. The van der Waals surface area contributed by atoms with Gasteiger partial charge in [-0.1, -0.05) is 0 Å². The van der Waals surface area contributed by atoms with Crippen molar-refractivity contribution in [3.8, 4) is 0 Å². The second-order valence-electron chi connectivity index (χ2n) is 9.50. The highest BCUT2D eigenvalue weighted by Crippen LogP contribution is 2.28. The van der Waals surface area contributed by atoms with E-state index in [4.69, 9.17) is 11.5 Å². The lowest BCUT2D eigenvalue weighted by Gasteiger charge is -2.37. The van der Waals surface area contributed by atoms with Crippen LogP contribution in [-0.2, 0) is 0 Å². The highest BCUT2D eigenvalue weighted by atomic mass is 15.3. The summed E-state index contributed by atoms with van der Waals surface area (Å²) in [6, 6.07) is 27.8. The van der Waals surface area contributed by atoms with Crippen molar-refractivity contribution in [1.82, 2.24) is 0 Å². The van der Waals surface area contributed by atoms with Crippen LogP contribution in [0.15, 0.2) is 105 Å². The molecule has 4 aromatic rings. The minimum Gasteiger partial charge on any atom is -0.399 e. The fraction of sp³-hybridized carbons (Fsp3) is 0.200. The van der Waals surface area contributed by atoms with Crippen LogP contribution in [0.1, 0.15) is 11.1 Å². The summed E-state index contributed by atoms with van der Waals surface area (Å²) in [5, 5.41) is 17.5. The van der Waals surface area contributed by atoms with E-state index >= 15 is 0 Å². The average Bonchev–Trinajstić information content (AvgIpc) is 2.93. The fourth-order valence-corrected chi connectivity index (χ4v) is 4.49. The van der Waals surface area contributed by atoms with E-state index in [2.05, 4.69) is 54.5 Å². The Bertz CT molecular complexity index is 1340. The van der Waals surface area contributed by atoms with Crippen LogP contribution in [0.3, 0.4) is 0 Å². The first-order valence-corrected chi connectivity index (χ1v) is 12.7. The van der Waals surface area contributed by atoms with Gasteiger partial charge >= 0.3 is 0 Å². The number of hydrogen-bond acceptors (Lipinski definition) is 8. The SMILES string of the molecule is Cc1cc(N)ccc1/N=N/c1ccc(N2CCN(c3ccc(/N=N/c4ccc(N)cc4C)cc3)CC2)cc1. The lowest BCUT2D eigenvalue weighted by atomic mass is 10.2. The Morgan fingerprint density at radius 3 is 1.21 bits per heavy atom. The molecule has 1 aliphatic rings. The Morgan fingerprint density at radius 2 is 0.868 bits per heavy atom. The van der Waals surface area contributed by atoms with Gasteiger partial charge in [0.15, 0.2) is 0 Å². The summed E-state index contributed by atoms with van der Waals surface area (Å²) in [6.07, 6.45) is 0. The molecule has 4 N–H and O–H groups in total. The lowest BCUT2D eigenvalue weighted by molar-refractivity contribution is 0.653. The maximum atomic E-state index is 5.82. The van der Waals surface area contributed by atoms with E-state index in [1.165, 1.54) is 11.4 Å². The van der Waals surface area contributed by atoms with Gasteiger partial charge in [0.05, 0.1) is 22.7 Å². The molecule has 1 saturated heterocycles. The molecule has 8 heteroatoms. The molecular formula is C30H32N8. The molecule has 8 nitrogen and oxygen atoms in total. The van der Waals surface area contributed by atoms with Crippen molar-refractivity contribution >= 4 is 45.5 Å². The van der Waals surface area contributed by atoms with Gasteiger partial charge in [0.25, 0.3) is 0 Å². The third-order valence-corrected chi connectivity index (χ3v) is 6.70. The second kappa shape index (κ2) is 11.1. The number of benzene rings is 4. The molecule has 1 fully saturated rings. The van der Waals surface area contributed by atoms with Crippen LogP contribution in [0.25, 0.3) is 0 Å². The standard InChI is InChI=1S/C30H32N8/c1-21-19-23(31)3-13-29(21)35-33-25-5-9-27(10-6-25)37-15-17-38(18-16-37)28-11-7-26(8-12-28)34-36-30-14-4-24(32)20-22(30)2/h3-14,19-20H,15-18,31-32H2,1-2H3/b35-33+,36-34+. The van der Waals surface area contributed by atoms with Gasteiger partial charge in [-0.2, -0.15) is 20.5 Å². The molecule has 5 rings (SSSR count). The first-order chi connectivity index (χ1) is 18.4. The molecule has 192 valence electrons. The molecule has 38 heavy (non-hydrogen) atoms. The molecular weight excluding hydrogens is 472 g/mol. The predicted octanol–water partition coefficient (Wildman–Crippen LogP) is 7.63. The molecule has 4 aromatic carbocycles. The first-order valence-electron chi connectivity index (χ1n) is 12.7. The molecule has 0 aliphatic carbocycles. The van der Waals surface area contributed by atoms with Crippen molar-refractivity contribution in [2.45, 2.75) is 13.8 Å². The lowest BCUT2D eigenvalue weighted by Crippen LogP contribution is -2.46.